The first-order valence-corrected chi connectivity index (χ1v) is 6.56. The summed E-state index contributed by atoms with van der Waals surface area (Å²) in [6.45, 7) is 0.441. The number of hydrogen-bond acceptors (Lipinski definition) is 3. The Morgan fingerprint density at radius 2 is 2.33 bits per heavy atom. The lowest BCUT2D eigenvalue weighted by Gasteiger charge is -2.17. The van der Waals surface area contributed by atoms with Crippen molar-refractivity contribution in [3.05, 3.63) is 45.7 Å². The average molecular weight is 331 g/mol. The van der Waals surface area contributed by atoms with Gasteiger partial charge in [-0.25, -0.2) is 0 Å². The number of rotatable bonds is 4. The molecule has 0 bridgehead atoms. The maximum absolute atomic E-state index is 6.12. The molecular weight excluding hydrogens is 318 g/mol. The number of ether oxygens (including phenoxy) is 1. The molecule has 0 aliphatic carbocycles. The minimum Gasteiger partial charge on any atom is -0.495 e. The van der Waals surface area contributed by atoms with Crippen LogP contribution in [0.4, 0.5) is 0 Å². The van der Waals surface area contributed by atoms with Gasteiger partial charge in [0.2, 0.25) is 0 Å². The molecule has 1 heterocycles. The molecule has 1 aromatic heterocycles. The second-order valence-corrected chi connectivity index (χ2v) is 5.11. The van der Waals surface area contributed by atoms with Crippen LogP contribution < -0.4 is 10.5 Å². The molecule has 2 rings (SSSR count). The summed E-state index contributed by atoms with van der Waals surface area (Å²) in [5, 5.41) is 4.82. The fraction of sp³-hybridized carbons (Fsp3) is 0.250. The molecule has 0 spiro atoms. The number of nitrogens with two attached hydrogens (primary N) is 1. The number of aromatic nitrogens is 2. The van der Waals surface area contributed by atoms with Gasteiger partial charge in [-0.3, -0.25) is 4.68 Å². The predicted molar refractivity (Wildman–Crippen MR) is 75.1 cm³/mol. The van der Waals surface area contributed by atoms with E-state index in [0.29, 0.717) is 17.3 Å². The maximum Gasteiger partial charge on any atom is 0.137 e. The molecule has 2 aromatic rings. The van der Waals surface area contributed by atoms with Crippen LogP contribution in [-0.4, -0.2) is 23.4 Å². The summed E-state index contributed by atoms with van der Waals surface area (Å²) in [4.78, 5) is 0. The Kier molecular flexibility index (Phi) is 4.27. The lowest BCUT2D eigenvalue weighted by molar-refractivity contribution is 0.414. The van der Waals surface area contributed by atoms with Crippen molar-refractivity contribution in [3.8, 4) is 5.75 Å². The first-order valence-electron chi connectivity index (χ1n) is 5.39. The van der Waals surface area contributed by atoms with Gasteiger partial charge in [0.05, 0.1) is 28.8 Å². The summed E-state index contributed by atoms with van der Waals surface area (Å²) in [7, 11) is 1.59. The molecule has 18 heavy (non-hydrogen) atoms. The number of benzene rings is 1. The van der Waals surface area contributed by atoms with Crippen LogP contribution in [0.2, 0.25) is 5.02 Å². The third-order valence-electron chi connectivity index (χ3n) is 2.67. The Hall–Kier alpha value is -1.04. The Bertz CT molecular complexity index is 544. The lowest BCUT2D eigenvalue weighted by atomic mass is 10.1. The van der Waals surface area contributed by atoms with Crippen molar-refractivity contribution >= 4 is 27.5 Å². The van der Waals surface area contributed by atoms with Crippen LogP contribution >= 0.6 is 27.5 Å². The molecule has 1 aromatic carbocycles. The van der Waals surface area contributed by atoms with Gasteiger partial charge in [-0.05, 0) is 33.6 Å². The van der Waals surface area contributed by atoms with E-state index in [1.165, 1.54) is 0 Å². The second-order valence-electron chi connectivity index (χ2n) is 3.78. The van der Waals surface area contributed by atoms with Crippen molar-refractivity contribution in [2.75, 3.05) is 13.7 Å². The highest BCUT2D eigenvalue weighted by atomic mass is 79.9. The minimum atomic E-state index is -0.0419. The van der Waals surface area contributed by atoms with Gasteiger partial charge in [0.1, 0.15) is 5.75 Å². The molecule has 1 atom stereocenters. The van der Waals surface area contributed by atoms with E-state index in [1.807, 2.05) is 29.1 Å². The monoisotopic (exact) mass is 329 g/mol. The molecule has 0 saturated carbocycles. The quantitative estimate of drug-likeness (QED) is 0.938. The van der Waals surface area contributed by atoms with Crippen LogP contribution in [0, 0.1) is 0 Å². The summed E-state index contributed by atoms with van der Waals surface area (Å²) < 4.78 is 7.85. The van der Waals surface area contributed by atoms with Crippen LogP contribution in [0.1, 0.15) is 11.6 Å². The highest BCUT2D eigenvalue weighted by molar-refractivity contribution is 9.10. The number of halogens is 2. The molecule has 96 valence electrons. The summed E-state index contributed by atoms with van der Waals surface area (Å²) in [5.41, 5.74) is 6.82. The van der Waals surface area contributed by atoms with E-state index in [1.54, 1.807) is 13.3 Å². The van der Waals surface area contributed by atoms with Crippen molar-refractivity contribution in [1.82, 2.24) is 9.78 Å². The summed E-state index contributed by atoms with van der Waals surface area (Å²) in [5.74, 6) is 0.651. The standard InChI is InChI=1S/C12H13BrClN3O/c1-18-12-3-2-8(4-10(12)14)11(5-15)17-7-9(13)6-16-17/h2-4,6-7,11H,5,15H2,1H3. The number of nitrogens with zero attached hydrogens (tertiary/aromatic N) is 2. The van der Waals surface area contributed by atoms with E-state index in [0.717, 1.165) is 10.0 Å². The van der Waals surface area contributed by atoms with Crippen LogP contribution in [-0.2, 0) is 0 Å². The van der Waals surface area contributed by atoms with Crippen molar-refractivity contribution in [2.24, 2.45) is 5.73 Å². The average Bonchev–Trinajstić information content (AvgIpc) is 2.77. The zero-order valence-corrected chi connectivity index (χ0v) is 12.1. The molecule has 0 aliphatic rings. The first kappa shape index (κ1) is 13.4. The molecule has 1 unspecified atom stereocenters. The van der Waals surface area contributed by atoms with Gasteiger partial charge in [0.25, 0.3) is 0 Å². The SMILES string of the molecule is COc1ccc(C(CN)n2cc(Br)cn2)cc1Cl. The van der Waals surface area contributed by atoms with Crippen LogP contribution in [0.25, 0.3) is 0 Å². The molecule has 2 N–H and O–H groups in total. The minimum absolute atomic E-state index is 0.0419. The fourth-order valence-corrected chi connectivity index (χ4v) is 2.34. The van der Waals surface area contributed by atoms with Crippen LogP contribution in [0.5, 0.6) is 5.75 Å². The fourth-order valence-electron chi connectivity index (χ4n) is 1.77. The van der Waals surface area contributed by atoms with E-state index >= 15 is 0 Å². The largest absolute Gasteiger partial charge is 0.495 e. The molecule has 0 amide bonds. The first-order chi connectivity index (χ1) is 8.65. The molecule has 0 aliphatic heterocycles. The van der Waals surface area contributed by atoms with Crippen molar-refractivity contribution < 1.29 is 4.74 Å². The van der Waals surface area contributed by atoms with Crippen LogP contribution in [0.3, 0.4) is 0 Å². The van der Waals surface area contributed by atoms with E-state index in [2.05, 4.69) is 21.0 Å². The van der Waals surface area contributed by atoms with Gasteiger partial charge < -0.3 is 10.5 Å². The summed E-state index contributed by atoms with van der Waals surface area (Å²) in [6, 6.07) is 5.59. The predicted octanol–water partition coefficient (Wildman–Crippen LogP) is 2.86. The Balaban J connectivity index is 2.36. The molecule has 0 fully saturated rings. The number of hydrogen-bond donors (Lipinski definition) is 1. The van der Waals surface area contributed by atoms with Crippen molar-refractivity contribution in [2.45, 2.75) is 6.04 Å². The molecule has 0 radical (unpaired) electrons. The normalized spacial score (nSPS) is 12.4. The lowest BCUT2D eigenvalue weighted by Crippen LogP contribution is -2.20. The van der Waals surface area contributed by atoms with E-state index in [4.69, 9.17) is 22.1 Å². The van der Waals surface area contributed by atoms with Gasteiger partial charge in [-0.15, -0.1) is 0 Å². The van der Waals surface area contributed by atoms with Gasteiger partial charge in [0.15, 0.2) is 0 Å². The van der Waals surface area contributed by atoms with E-state index in [9.17, 15) is 0 Å². The van der Waals surface area contributed by atoms with Crippen LogP contribution in [0.15, 0.2) is 35.1 Å². The van der Waals surface area contributed by atoms with E-state index < -0.39 is 0 Å². The van der Waals surface area contributed by atoms with Crippen molar-refractivity contribution in [1.29, 1.82) is 0 Å². The Labute approximate surface area is 119 Å². The smallest absolute Gasteiger partial charge is 0.137 e. The zero-order chi connectivity index (χ0) is 13.1. The van der Waals surface area contributed by atoms with Gasteiger partial charge >= 0.3 is 0 Å². The molecular formula is C12H13BrClN3O. The number of methoxy groups -OCH3 is 1. The van der Waals surface area contributed by atoms with Gasteiger partial charge in [-0.2, -0.15) is 5.10 Å². The van der Waals surface area contributed by atoms with E-state index in [-0.39, 0.29) is 6.04 Å². The van der Waals surface area contributed by atoms with Gasteiger partial charge in [-0.1, -0.05) is 17.7 Å². The topological polar surface area (TPSA) is 53.1 Å². The van der Waals surface area contributed by atoms with Crippen molar-refractivity contribution in [3.63, 3.8) is 0 Å². The maximum atomic E-state index is 6.12. The second kappa shape index (κ2) is 5.73. The zero-order valence-electron chi connectivity index (χ0n) is 9.81. The highest BCUT2D eigenvalue weighted by Gasteiger charge is 2.14. The summed E-state index contributed by atoms with van der Waals surface area (Å²) >= 11 is 9.49. The highest BCUT2D eigenvalue weighted by Crippen LogP contribution is 2.28. The third kappa shape index (κ3) is 2.68. The Morgan fingerprint density at radius 3 is 2.83 bits per heavy atom. The third-order valence-corrected chi connectivity index (χ3v) is 3.38. The van der Waals surface area contributed by atoms with Gasteiger partial charge in [0, 0.05) is 12.7 Å². The molecule has 6 heteroatoms. The summed E-state index contributed by atoms with van der Waals surface area (Å²) in [6.07, 6.45) is 3.61. The molecule has 0 saturated heterocycles. The Morgan fingerprint density at radius 1 is 1.56 bits per heavy atom. The molecule has 4 nitrogen and oxygen atoms in total.